The molecule has 1 amide bonds. The summed E-state index contributed by atoms with van der Waals surface area (Å²) in [4.78, 5) is 10.6. The Morgan fingerprint density at radius 2 is 2.50 bits per heavy atom. The fourth-order valence-electron chi connectivity index (χ4n) is 1.19. The Hall–Kier alpha value is -0.810. The summed E-state index contributed by atoms with van der Waals surface area (Å²) < 4.78 is 4.41. The lowest BCUT2D eigenvalue weighted by Gasteiger charge is -2.23. The molecule has 0 aliphatic carbocycles. The maximum Gasteiger partial charge on any atom is 0.421 e. The summed E-state index contributed by atoms with van der Waals surface area (Å²) in [6, 6.07) is 0.317. The summed E-state index contributed by atoms with van der Waals surface area (Å²) in [5.41, 5.74) is 5.34. The highest BCUT2D eigenvalue weighted by Gasteiger charge is 2.12. The summed E-state index contributed by atoms with van der Waals surface area (Å²) in [6.07, 6.45) is 1.78. The van der Waals surface area contributed by atoms with Crippen molar-refractivity contribution >= 4 is 6.09 Å². The molecule has 0 aromatic carbocycles. The van der Waals surface area contributed by atoms with E-state index in [4.69, 9.17) is 0 Å². The van der Waals surface area contributed by atoms with Gasteiger partial charge in [0.25, 0.3) is 0 Å². The number of carbonyl (C=O) groups excluding carboxylic acids is 1. The van der Waals surface area contributed by atoms with E-state index in [1.54, 1.807) is 0 Å². The van der Waals surface area contributed by atoms with Crippen LogP contribution in [0.15, 0.2) is 0 Å². The maximum atomic E-state index is 10.6. The number of hydrogen-bond acceptors (Lipinski definition) is 4. The second-order valence-electron chi connectivity index (χ2n) is 2.80. The molecule has 1 unspecified atom stereocenters. The Morgan fingerprint density at radius 1 is 1.67 bits per heavy atom. The van der Waals surface area contributed by atoms with Gasteiger partial charge in [-0.2, -0.15) is 0 Å². The van der Waals surface area contributed by atoms with Crippen molar-refractivity contribution in [3.8, 4) is 0 Å². The first kappa shape index (κ1) is 9.28. The van der Waals surface area contributed by atoms with Crippen molar-refractivity contribution in [1.82, 2.24) is 16.2 Å². The third-order valence-corrected chi connectivity index (χ3v) is 1.86. The normalized spacial score (nSPS) is 23.2. The van der Waals surface area contributed by atoms with E-state index in [0.717, 1.165) is 25.9 Å². The van der Waals surface area contributed by atoms with Crippen LogP contribution in [0.5, 0.6) is 0 Å². The Labute approximate surface area is 71.8 Å². The van der Waals surface area contributed by atoms with Crippen molar-refractivity contribution in [3.05, 3.63) is 0 Å². The first-order valence-electron chi connectivity index (χ1n) is 4.13. The minimum absolute atomic E-state index is 0.317. The second-order valence-corrected chi connectivity index (χ2v) is 2.80. The van der Waals surface area contributed by atoms with Crippen LogP contribution in [0.2, 0.25) is 0 Å². The van der Waals surface area contributed by atoms with Crippen LogP contribution in [0.25, 0.3) is 0 Å². The average molecular weight is 173 g/mol. The molecular formula is C7H15N3O2. The van der Waals surface area contributed by atoms with E-state index in [0.29, 0.717) is 6.04 Å². The molecule has 1 fully saturated rings. The first-order chi connectivity index (χ1) is 5.83. The van der Waals surface area contributed by atoms with Gasteiger partial charge in [0, 0.05) is 12.6 Å². The quantitative estimate of drug-likeness (QED) is 0.497. The molecule has 1 atom stereocenters. The van der Waals surface area contributed by atoms with Gasteiger partial charge < -0.3 is 10.1 Å². The molecule has 1 aliphatic rings. The zero-order valence-corrected chi connectivity index (χ0v) is 7.22. The van der Waals surface area contributed by atoms with Crippen LogP contribution in [-0.2, 0) is 4.74 Å². The highest BCUT2D eigenvalue weighted by molar-refractivity contribution is 5.66. The molecule has 70 valence electrons. The molecule has 3 N–H and O–H groups in total. The zero-order chi connectivity index (χ0) is 8.81. The van der Waals surface area contributed by atoms with Crippen LogP contribution < -0.4 is 16.2 Å². The molecule has 1 aliphatic heterocycles. The van der Waals surface area contributed by atoms with E-state index < -0.39 is 6.09 Å². The van der Waals surface area contributed by atoms with Gasteiger partial charge in [0.05, 0.1) is 7.11 Å². The van der Waals surface area contributed by atoms with Crippen LogP contribution in [-0.4, -0.2) is 32.3 Å². The average Bonchev–Trinajstić information content (AvgIpc) is 2.16. The fraction of sp³-hybridized carbons (Fsp3) is 0.857. The van der Waals surface area contributed by atoms with Gasteiger partial charge in [0.1, 0.15) is 0 Å². The van der Waals surface area contributed by atoms with Gasteiger partial charge in [0.2, 0.25) is 0 Å². The topological polar surface area (TPSA) is 62.4 Å². The van der Waals surface area contributed by atoms with Gasteiger partial charge in [-0.05, 0) is 19.4 Å². The SMILES string of the molecule is COC(=O)NNC1CCCNC1. The van der Waals surface area contributed by atoms with Crippen LogP contribution in [0.1, 0.15) is 12.8 Å². The van der Waals surface area contributed by atoms with Crippen LogP contribution in [0.3, 0.4) is 0 Å². The monoisotopic (exact) mass is 173 g/mol. The first-order valence-corrected chi connectivity index (χ1v) is 4.13. The number of methoxy groups -OCH3 is 1. The number of hydrogen-bond donors (Lipinski definition) is 3. The molecule has 0 saturated carbocycles. The minimum atomic E-state index is -0.444. The molecule has 1 heterocycles. The Bertz CT molecular complexity index is 146. The Balaban J connectivity index is 2.09. The molecule has 0 radical (unpaired) electrons. The number of ether oxygens (including phenoxy) is 1. The zero-order valence-electron chi connectivity index (χ0n) is 7.22. The van der Waals surface area contributed by atoms with Crippen LogP contribution >= 0.6 is 0 Å². The fourth-order valence-corrected chi connectivity index (χ4v) is 1.19. The maximum absolute atomic E-state index is 10.6. The molecular weight excluding hydrogens is 158 g/mol. The summed E-state index contributed by atoms with van der Waals surface area (Å²) in [5.74, 6) is 0. The summed E-state index contributed by atoms with van der Waals surface area (Å²) in [5, 5.41) is 3.22. The third kappa shape index (κ3) is 3.06. The highest BCUT2D eigenvalue weighted by atomic mass is 16.5. The molecule has 0 aromatic rings. The number of hydrazine groups is 1. The van der Waals surface area contributed by atoms with E-state index in [1.807, 2.05) is 0 Å². The van der Waals surface area contributed by atoms with E-state index in [2.05, 4.69) is 20.9 Å². The third-order valence-electron chi connectivity index (χ3n) is 1.86. The predicted molar refractivity (Wildman–Crippen MR) is 44.6 cm³/mol. The Morgan fingerprint density at radius 3 is 3.08 bits per heavy atom. The molecule has 1 saturated heterocycles. The number of nitrogens with one attached hydrogen (secondary N) is 3. The number of piperidine rings is 1. The lowest BCUT2D eigenvalue weighted by atomic mass is 10.1. The largest absolute Gasteiger partial charge is 0.452 e. The molecule has 5 nitrogen and oxygen atoms in total. The van der Waals surface area contributed by atoms with Crippen molar-refractivity contribution in [2.24, 2.45) is 0 Å². The number of amides is 1. The van der Waals surface area contributed by atoms with Crippen molar-refractivity contribution in [3.63, 3.8) is 0 Å². The van der Waals surface area contributed by atoms with Crippen LogP contribution in [0, 0.1) is 0 Å². The molecule has 1 rings (SSSR count). The number of rotatable bonds is 2. The summed E-state index contributed by atoms with van der Waals surface area (Å²) >= 11 is 0. The molecule has 0 aromatic heterocycles. The van der Waals surface area contributed by atoms with Gasteiger partial charge >= 0.3 is 6.09 Å². The second kappa shape index (κ2) is 4.95. The minimum Gasteiger partial charge on any atom is -0.452 e. The van der Waals surface area contributed by atoms with E-state index in [9.17, 15) is 4.79 Å². The summed E-state index contributed by atoms with van der Waals surface area (Å²) in [7, 11) is 1.34. The smallest absolute Gasteiger partial charge is 0.421 e. The lowest BCUT2D eigenvalue weighted by Crippen LogP contribution is -2.50. The molecule has 0 spiro atoms. The number of carbonyl (C=O) groups is 1. The van der Waals surface area contributed by atoms with E-state index >= 15 is 0 Å². The van der Waals surface area contributed by atoms with E-state index in [-0.39, 0.29) is 0 Å². The van der Waals surface area contributed by atoms with Gasteiger partial charge in [-0.3, -0.25) is 5.43 Å². The van der Waals surface area contributed by atoms with E-state index in [1.165, 1.54) is 7.11 Å². The van der Waals surface area contributed by atoms with Crippen molar-refractivity contribution in [2.45, 2.75) is 18.9 Å². The van der Waals surface area contributed by atoms with Gasteiger partial charge in [-0.1, -0.05) is 0 Å². The lowest BCUT2D eigenvalue weighted by molar-refractivity contribution is 0.161. The summed E-state index contributed by atoms with van der Waals surface area (Å²) in [6.45, 7) is 1.96. The van der Waals surface area contributed by atoms with Gasteiger partial charge in [-0.15, -0.1) is 0 Å². The van der Waals surface area contributed by atoms with Gasteiger partial charge in [0.15, 0.2) is 0 Å². The highest BCUT2D eigenvalue weighted by Crippen LogP contribution is 1.99. The molecule has 5 heteroatoms. The Kier molecular flexibility index (Phi) is 3.83. The van der Waals surface area contributed by atoms with Gasteiger partial charge in [-0.25, -0.2) is 10.2 Å². The van der Waals surface area contributed by atoms with Crippen molar-refractivity contribution < 1.29 is 9.53 Å². The molecule has 12 heavy (non-hydrogen) atoms. The molecule has 0 bridgehead atoms. The van der Waals surface area contributed by atoms with Crippen LogP contribution in [0.4, 0.5) is 4.79 Å². The van der Waals surface area contributed by atoms with Crippen molar-refractivity contribution in [2.75, 3.05) is 20.2 Å². The standard InChI is InChI=1S/C7H15N3O2/c1-12-7(11)10-9-6-3-2-4-8-5-6/h6,8-9H,2-5H2,1H3,(H,10,11). The predicted octanol–water partition coefficient (Wildman–Crippen LogP) is -0.401. The van der Waals surface area contributed by atoms with Crippen molar-refractivity contribution in [1.29, 1.82) is 0 Å².